The number of carbonyl (C=O) groups excluding carboxylic acids is 1. The number of sulfonamides is 1. The molecule has 1 saturated carbocycles. The Kier molecular flexibility index (Phi) is 4.66. The highest BCUT2D eigenvalue weighted by Crippen LogP contribution is 2.50. The van der Waals surface area contributed by atoms with Gasteiger partial charge in [-0.3, -0.25) is 4.79 Å². The average Bonchev–Trinajstić information content (AvgIpc) is 3.37. The molecule has 0 aromatic heterocycles. The van der Waals surface area contributed by atoms with Gasteiger partial charge in [0.25, 0.3) is 5.91 Å². The number of hydrogen-bond donors (Lipinski definition) is 2. The van der Waals surface area contributed by atoms with Gasteiger partial charge in [-0.15, -0.1) is 0 Å². The summed E-state index contributed by atoms with van der Waals surface area (Å²) in [6.45, 7) is 0. The molecule has 0 radical (unpaired) electrons. The van der Waals surface area contributed by atoms with Crippen molar-refractivity contribution >= 4 is 15.9 Å². The molecular weight excluding hydrogens is 371 g/mol. The van der Waals surface area contributed by atoms with Gasteiger partial charge in [0.2, 0.25) is 10.0 Å². The van der Waals surface area contributed by atoms with Crippen LogP contribution in [0.25, 0.3) is 0 Å². The minimum atomic E-state index is -3.78. The number of piperidine rings is 1. The maximum absolute atomic E-state index is 15.2. The van der Waals surface area contributed by atoms with Crippen LogP contribution in [0.3, 0.4) is 0 Å². The van der Waals surface area contributed by atoms with Crippen molar-refractivity contribution in [2.24, 2.45) is 0 Å². The predicted molar refractivity (Wildman–Crippen MR) is 99.2 cm³/mol. The van der Waals surface area contributed by atoms with Gasteiger partial charge in [-0.2, -0.15) is 0 Å². The molecule has 0 spiro atoms. The van der Waals surface area contributed by atoms with Gasteiger partial charge in [-0.05, 0) is 62.0 Å². The molecule has 2 heterocycles. The lowest BCUT2D eigenvalue weighted by atomic mass is 9.81. The first kappa shape index (κ1) is 18.7. The van der Waals surface area contributed by atoms with E-state index in [-0.39, 0.29) is 23.1 Å². The van der Waals surface area contributed by atoms with Crippen LogP contribution in [-0.4, -0.2) is 39.8 Å². The van der Waals surface area contributed by atoms with Crippen molar-refractivity contribution in [1.82, 2.24) is 10.0 Å². The molecule has 3 aliphatic rings. The summed E-state index contributed by atoms with van der Waals surface area (Å²) in [7, 11) is -2.37. The zero-order valence-electron chi connectivity index (χ0n) is 15.5. The molecule has 2 N–H and O–H groups in total. The molecule has 1 aliphatic carbocycles. The molecule has 1 aromatic rings. The monoisotopic (exact) mass is 396 g/mol. The van der Waals surface area contributed by atoms with E-state index in [1.54, 1.807) is 6.07 Å². The zero-order chi connectivity index (χ0) is 19.3. The van der Waals surface area contributed by atoms with Crippen molar-refractivity contribution in [1.29, 1.82) is 0 Å². The first-order valence-electron chi connectivity index (χ1n) is 9.45. The second kappa shape index (κ2) is 6.74. The number of rotatable bonds is 5. The van der Waals surface area contributed by atoms with E-state index in [0.717, 1.165) is 55.9 Å². The van der Waals surface area contributed by atoms with Gasteiger partial charge in [-0.25, -0.2) is 17.5 Å². The summed E-state index contributed by atoms with van der Waals surface area (Å²) < 4.78 is 45.3. The maximum atomic E-state index is 15.2. The van der Waals surface area contributed by atoms with E-state index < -0.39 is 21.7 Å². The summed E-state index contributed by atoms with van der Waals surface area (Å²) in [6, 6.07) is 2.44. The van der Waals surface area contributed by atoms with Gasteiger partial charge >= 0.3 is 0 Å². The van der Waals surface area contributed by atoms with Crippen LogP contribution >= 0.6 is 0 Å². The Morgan fingerprint density at radius 1 is 1.19 bits per heavy atom. The molecule has 1 unspecified atom stereocenters. The van der Waals surface area contributed by atoms with E-state index in [4.69, 9.17) is 4.74 Å². The van der Waals surface area contributed by atoms with Crippen LogP contribution in [-0.2, 0) is 10.0 Å². The van der Waals surface area contributed by atoms with Crippen molar-refractivity contribution in [2.75, 3.05) is 13.4 Å². The lowest BCUT2D eigenvalue weighted by Gasteiger charge is -2.32. The first-order chi connectivity index (χ1) is 12.8. The quantitative estimate of drug-likeness (QED) is 0.798. The summed E-state index contributed by atoms with van der Waals surface area (Å²) in [5.41, 5.74) is 1.56. The molecular formula is C19H25FN2O4S. The molecule has 2 bridgehead atoms. The van der Waals surface area contributed by atoms with Crippen LogP contribution in [0, 0.1) is 5.82 Å². The molecule has 3 atom stereocenters. The minimum Gasteiger partial charge on any atom is -0.493 e. The van der Waals surface area contributed by atoms with E-state index in [0.29, 0.717) is 12.1 Å². The second-order valence-corrected chi connectivity index (χ2v) is 9.81. The topological polar surface area (TPSA) is 84.5 Å². The second-order valence-electron chi connectivity index (χ2n) is 8.06. The summed E-state index contributed by atoms with van der Waals surface area (Å²) in [5.74, 6) is -1.15. The molecule has 4 rings (SSSR count). The molecule has 148 valence electrons. The van der Waals surface area contributed by atoms with Gasteiger partial charge in [0, 0.05) is 17.6 Å². The largest absolute Gasteiger partial charge is 0.493 e. The van der Waals surface area contributed by atoms with Crippen molar-refractivity contribution in [3.05, 3.63) is 28.6 Å². The normalized spacial score (nSPS) is 27.4. The van der Waals surface area contributed by atoms with Gasteiger partial charge in [0.1, 0.15) is 0 Å². The SMILES string of the molecule is COc1c(F)c(C(=O)NS(C)(=O)=O)cc(C2CC2)c1C1C[C@H]2CC[C@@H](C1)N2. The Bertz CT molecular complexity index is 870. The van der Waals surface area contributed by atoms with Crippen LogP contribution in [0.5, 0.6) is 5.75 Å². The lowest BCUT2D eigenvalue weighted by Crippen LogP contribution is -2.37. The molecule has 2 saturated heterocycles. The number of benzene rings is 1. The number of nitrogens with one attached hydrogen (secondary N) is 2. The Balaban J connectivity index is 1.79. The summed E-state index contributed by atoms with van der Waals surface area (Å²) in [4.78, 5) is 12.4. The molecule has 2 aliphatic heterocycles. The van der Waals surface area contributed by atoms with Crippen LogP contribution in [0.4, 0.5) is 4.39 Å². The van der Waals surface area contributed by atoms with Crippen LogP contribution in [0.15, 0.2) is 6.07 Å². The zero-order valence-corrected chi connectivity index (χ0v) is 16.4. The van der Waals surface area contributed by atoms with Gasteiger partial charge in [0.05, 0.1) is 18.9 Å². The summed E-state index contributed by atoms with van der Waals surface area (Å²) >= 11 is 0. The van der Waals surface area contributed by atoms with Gasteiger partial charge in [0.15, 0.2) is 11.6 Å². The van der Waals surface area contributed by atoms with E-state index in [1.807, 2.05) is 4.72 Å². The number of fused-ring (bicyclic) bond motifs is 2. The molecule has 1 amide bonds. The number of ether oxygens (including phenoxy) is 1. The van der Waals surface area contributed by atoms with Crippen molar-refractivity contribution in [3.8, 4) is 5.75 Å². The van der Waals surface area contributed by atoms with Crippen molar-refractivity contribution in [2.45, 2.75) is 62.4 Å². The molecule has 1 aromatic carbocycles. The highest BCUT2D eigenvalue weighted by molar-refractivity contribution is 7.89. The fraction of sp³-hybridized carbons (Fsp3) is 0.632. The standard InChI is InChI=1S/C19H25FN2O4S/c1-26-18-16(11-7-12-5-6-13(8-11)21-12)14(10-3-4-10)9-15(17(18)20)19(23)22-27(2,24)25/h9-13,21H,3-8H2,1-2H3,(H,22,23)/t11?,12-,13+. The molecule has 3 fully saturated rings. The van der Waals surface area contributed by atoms with E-state index >= 15 is 4.39 Å². The van der Waals surface area contributed by atoms with Gasteiger partial charge in [-0.1, -0.05) is 0 Å². The molecule has 8 heteroatoms. The van der Waals surface area contributed by atoms with Crippen LogP contribution < -0.4 is 14.8 Å². The minimum absolute atomic E-state index is 0.101. The fourth-order valence-corrected chi connectivity index (χ4v) is 5.15. The third-order valence-corrected chi connectivity index (χ3v) is 6.47. The van der Waals surface area contributed by atoms with Crippen molar-refractivity contribution in [3.63, 3.8) is 0 Å². The van der Waals surface area contributed by atoms with Crippen LogP contribution in [0.1, 0.15) is 71.8 Å². The number of halogens is 1. The number of hydrogen-bond acceptors (Lipinski definition) is 5. The predicted octanol–water partition coefficient (Wildman–Crippen LogP) is 2.40. The Hall–Kier alpha value is -1.67. The number of methoxy groups -OCH3 is 1. The third kappa shape index (κ3) is 3.69. The average molecular weight is 396 g/mol. The number of amides is 1. The Morgan fingerprint density at radius 2 is 1.81 bits per heavy atom. The molecule has 27 heavy (non-hydrogen) atoms. The lowest BCUT2D eigenvalue weighted by molar-refractivity contribution is 0.0976. The Morgan fingerprint density at radius 3 is 2.33 bits per heavy atom. The third-order valence-electron chi connectivity index (χ3n) is 5.92. The van der Waals surface area contributed by atoms with E-state index in [1.165, 1.54) is 7.11 Å². The highest BCUT2D eigenvalue weighted by atomic mass is 32.2. The van der Waals surface area contributed by atoms with Crippen LogP contribution in [0.2, 0.25) is 0 Å². The highest BCUT2D eigenvalue weighted by Gasteiger charge is 2.40. The van der Waals surface area contributed by atoms with Crippen molar-refractivity contribution < 1.29 is 22.3 Å². The fourth-order valence-electron chi connectivity index (χ4n) is 4.70. The van der Waals surface area contributed by atoms with E-state index in [2.05, 4.69) is 5.32 Å². The molecule has 6 nitrogen and oxygen atoms in total. The maximum Gasteiger partial charge on any atom is 0.267 e. The Labute approximate surface area is 158 Å². The first-order valence-corrected chi connectivity index (χ1v) is 11.3. The van der Waals surface area contributed by atoms with E-state index in [9.17, 15) is 13.2 Å². The summed E-state index contributed by atoms with van der Waals surface area (Å²) in [5, 5.41) is 3.60. The summed E-state index contributed by atoms with van der Waals surface area (Å²) in [6.07, 6.45) is 7.00. The van der Waals surface area contributed by atoms with Gasteiger partial charge < -0.3 is 10.1 Å². The number of carbonyl (C=O) groups is 1. The smallest absolute Gasteiger partial charge is 0.267 e.